The lowest BCUT2D eigenvalue weighted by Gasteiger charge is -2.28. The van der Waals surface area contributed by atoms with E-state index >= 15 is 0 Å². The molecule has 4 unspecified atom stereocenters. The molecule has 13 heteroatoms. The number of nitrogens with two attached hydrogens (primary N) is 1. The van der Waals surface area contributed by atoms with Gasteiger partial charge in [0.05, 0.1) is 12.5 Å². The molecule has 1 aliphatic rings. The Morgan fingerprint density at radius 2 is 1.89 bits per heavy atom. The van der Waals surface area contributed by atoms with Crippen molar-refractivity contribution >= 4 is 52.3 Å². The number of hydrogen-bond acceptors (Lipinski definition) is 7. The number of hydrogen-bond donors (Lipinski definition) is 6. The first-order valence-electron chi connectivity index (χ1n) is 12.3. The smallest absolute Gasteiger partial charge is 0.326 e. The second-order valence-corrected chi connectivity index (χ2v) is 10.2. The van der Waals surface area contributed by atoms with Gasteiger partial charge in [-0.05, 0) is 49.3 Å². The largest absolute Gasteiger partial charge is 0.481 e. The van der Waals surface area contributed by atoms with E-state index in [-0.39, 0.29) is 18.7 Å². The number of H-pyrrole nitrogens is 1. The minimum absolute atomic E-state index is 0.193. The third-order valence-corrected chi connectivity index (χ3v) is 7.15. The molecule has 3 rings (SSSR count). The second-order valence-electron chi connectivity index (χ2n) is 9.20. The topological polar surface area (TPSA) is 195 Å². The number of fused-ring (bicyclic) bond motifs is 1. The normalized spacial score (nSPS) is 17.5. The van der Waals surface area contributed by atoms with Gasteiger partial charge in [0, 0.05) is 23.6 Å². The van der Waals surface area contributed by atoms with E-state index in [4.69, 9.17) is 10.8 Å². The average molecular weight is 548 g/mol. The lowest BCUT2D eigenvalue weighted by Crippen LogP contribution is -2.57. The molecule has 1 aromatic carbocycles. The van der Waals surface area contributed by atoms with Gasteiger partial charge < -0.3 is 36.5 Å². The number of carboxylic acid groups (broad SMARTS) is 2. The molecule has 206 valence electrons. The number of aliphatic carboxylic acids is 2. The van der Waals surface area contributed by atoms with Crippen LogP contribution in [0.1, 0.15) is 31.2 Å². The van der Waals surface area contributed by atoms with Crippen LogP contribution >= 0.6 is 11.8 Å². The molecule has 0 aliphatic carbocycles. The number of benzene rings is 1. The Morgan fingerprint density at radius 1 is 1.16 bits per heavy atom. The van der Waals surface area contributed by atoms with Crippen molar-refractivity contribution in [2.24, 2.45) is 5.73 Å². The standard InChI is InChI=1S/C25H33N5O7S/c1-38-10-8-18(22(33)29-19(25(36)37)12-21(31)32)28-23(34)20-7-4-9-30(20)24(35)16(26)11-14-13-27-17-6-3-2-5-15(14)17/h2-3,5-6,13,16,18-20,27H,4,7-12,26H2,1H3,(H,28,34)(H,29,33)(H,31,32)(H,36,37). The van der Waals surface area contributed by atoms with Crippen LogP contribution < -0.4 is 16.4 Å². The van der Waals surface area contributed by atoms with Crippen molar-refractivity contribution in [1.82, 2.24) is 20.5 Å². The fourth-order valence-electron chi connectivity index (χ4n) is 4.56. The fraction of sp³-hybridized carbons (Fsp3) is 0.480. The first kappa shape index (κ1) is 29.0. The van der Waals surface area contributed by atoms with E-state index in [2.05, 4.69) is 15.6 Å². The van der Waals surface area contributed by atoms with Crippen molar-refractivity contribution in [1.29, 1.82) is 0 Å². The molecule has 0 radical (unpaired) electrons. The fourth-order valence-corrected chi connectivity index (χ4v) is 5.03. The van der Waals surface area contributed by atoms with Crippen LogP contribution in [0.5, 0.6) is 0 Å². The van der Waals surface area contributed by atoms with Crippen LogP contribution in [-0.4, -0.2) is 92.5 Å². The van der Waals surface area contributed by atoms with E-state index in [1.165, 1.54) is 16.7 Å². The van der Waals surface area contributed by atoms with Gasteiger partial charge in [-0.15, -0.1) is 0 Å². The highest BCUT2D eigenvalue weighted by Crippen LogP contribution is 2.22. The Bertz CT molecular complexity index is 1190. The molecule has 4 atom stereocenters. The molecular formula is C25H33N5O7S. The molecule has 1 aliphatic heterocycles. The maximum atomic E-state index is 13.2. The van der Waals surface area contributed by atoms with Gasteiger partial charge in [-0.25, -0.2) is 4.79 Å². The summed E-state index contributed by atoms with van der Waals surface area (Å²) in [7, 11) is 0. The summed E-state index contributed by atoms with van der Waals surface area (Å²) in [5.41, 5.74) is 8.10. The monoisotopic (exact) mass is 547 g/mol. The van der Waals surface area contributed by atoms with Crippen LogP contribution in [0.2, 0.25) is 0 Å². The third-order valence-electron chi connectivity index (χ3n) is 6.51. The van der Waals surface area contributed by atoms with Crippen LogP contribution in [0.3, 0.4) is 0 Å². The van der Waals surface area contributed by atoms with Gasteiger partial charge in [-0.2, -0.15) is 11.8 Å². The molecule has 1 fully saturated rings. The van der Waals surface area contributed by atoms with Crippen molar-refractivity contribution in [3.05, 3.63) is 36.0 Å². The molecule has 7 N–H and O–H groups in total. The van der Waals surface area contributed by atoms with E-state index in [0.717, 1.165) is 16.5 Å². The van der Waals surface area contributed by atoms with Gasteiger partial charge in [0.1, 0.15) is 18.1 Å². The number of amides is 3. The van der Waals surface area contributed by atoms with Crippen LogP contribution in [0.4, 0.5) is 0 Å². The van der Waals surface area contributed by atoms with E-state index < -0.39 is 54.3 Å². The Hall–Kier alpha value is -3.58. The molecular weight excluding hydrogens is 514 g/mol. The van der Waals surface area contributed by atoms with E-state index in [1.54, 1.807) is 0 Å². The van der Waals surface area contributed by atoms with Crippen LogP contribution in [0, 0.1) is 0 Å². The SMILES string of the molecule is CSCCC(NC(=O)C1CCCN1C(=O)C(N)Cc1c[nH]c2ccccc12)C(=O)NC(CC(=O)O)C(=O)O. The van der Waals surface area contributed by atoms with Gasteiger partial charge in [0.2, 0.25) is 17.7 Å². The first-order valence-corrected chi connectivity index (χ1v) is 13.7. The highest BCUT2D eigenvalue weighted by atomic mass is 32.2. The Morgan fingerprint density at radius 3 is 2.58 bits per heavy atom. The summed E-state index contributed by atoms with van der Waals surface area (Å²) in [6, 6.07) is 3.25. The number of likely N-dealkylation sites (tertiary alicyclic amines) is 1. The van der Waals surface area contributed by atoms with E-state index in [1.807, 2.05) is 36.7 Å². The third kappa shape index (κ3) is 7.25. The van der Waals surface area contributed by atoms with Crippen molar-refractivity contribution in [2.75, 3.05) is 18.6 Å². The van der Waals surface area contributed by atoms with Gasteiger partial charge in [0.15, 0.2) is 0 Å². The molecule has 3 amide bonds. The summed E-state index contributed by atoms with van der Waals surface area (Å²) in [6.45, 7) is 0.347. The van der Waals surface area contributed by atoms with Crippen LogP contribution in [-0.2, 0) is 30.4 Å². The number of carboxylic acids is 2. The number of thioether (sulfide) groups is 1. The predicted molar refractivity (Wildman–Crippen MR) is 141 cm³/mol. The molecule has 0 spiro atoms. The van der Waals surface area contributed by atoms with Crippen molar-refractivity contribution < 1.29 is 34.2 Å². The molecule has 1 saturated heterocycles. The number of aromatic nitrogens is 1. The zero-order valence-corrected chi connectivity index (χ0v) is 21.8. The summed E-state index contributed by atoms with van der Waals surface area (Å²) in [6.07, 6.45) is 4.29. The Balaban J connectivity index is 1.67. The van der Waals surface area contributed by atoms with Crippen molar-refractivity contribution in [3.8, 4) is 0 Å². The maximum absolute atomic E-state index is 13.2. The highest BCUT2D eigenvalue weighted by Gasteiger charge is 2.38. The zero-order valence-electron chi connectivity index (χ0n) is 21.0. The van der Waals surface area contributed by atoms with Crippen LogP contribution in [0.25, 0.3) is 10.9 Å². The van der Waals surface area contributed by atoms with E-state index in [0.29, 0.717) is 25.1 Å². The minimum Gasteiger partial charge on any atom is -0.481 e. The molecule has 12 nitrogen and oxygen atoms in total. The number of nitrogens with zero attached hydrogens (tertiary/aromatic N) is 1. The molecule has 38 heavy (non-hydrogen) atoms. The quantitative estimate of drug-likeness (QED) is 0.205. The number of carbonyl (C=O) groups excluding carboxylic acids is 3. The summed E-state index contributed by atoms with van der Waals surface area (Å²) in [5, 5.41) is 24.0. The first-order chi connectivity index (χ1) is 18.1. The number of carbonyl (C=O) groups is 5. The lowest BCUT2D eigenvalue weighted by molar-refractivity contribution is -0.147. The van der Waals surface area contributed by atoms with Gasteiger partial charge in [0.25, 0.3) is 0 Å². The summed E-state index contributed by atoms with van der Waals surface area (Å²) >= 11 is 1.43. The molecule has 2 heterocycles. The Kier molecular flexibility index (Phi) is 10.1. The van der Waals surface area contributed by atoms with Crippen molar-refractivity contribution in [3.63, 3.8) is 0 Å². The highest BCUT2D eigenvalue weighted by molar-refractivity contribution is 7.98. The van der Waals surface area contributed by atoms with Crippen molar-refractivity contribution in [2.45, 2.75) is 56.3 Å². The van der Waals surface area contributed by atoms with E-state index in [9.17, 15) is 29.1 Å². The van der Waals surface area contributed by atoms with Gasteiger partial charge in [-0.3, -0.25) is 19.2 Å². The Labute approximate surface area is 223 Å². The second kappa shape index (κ2) is 13.3. The summed E-state index contributed by atoms with van der Waals surface area (Å²) in [4.78, 5) is 66.2. The minimum atomic E-state index is -1.64. The molecule has 2 aromatic rings. The van der Waals surface area contributed by atoms with Crippen LogP contribution in [0.15, 0.2) is 30.5 Å². The van der Waals surface area contributed by atoms with Gasteiger partial charge >= 0.3 is 11.9 Å². The zero-order chi connectivity index (χ0) is 27.8. The molecule has 1 aromatic heterocycles. The summed E-state index contributed by atoms with van der Waals surface area (Å²) < 4.78 is 0. The summed E-state index contributed by atoms with van der Waals surface area (Å²) in [5.74, 6) is -4.10. The molecule has 0 bridgehead atoms. The molecule has 0 saturated carbocycles. The average Bonchev–Trinajstić information content (AvgIpc) is 3.53. The van der Waals surface area contributed by atoms with Gasteiger partial charge in [-0.1, -0.05) is 18.2 Å². The predicted octanol–water partition coefficient (Wildman–Crippen LogP) is 0.311. The number of rotatable bonds is 13. The number of aromatic amines is 1. The lowest BCUT2D eigenvalue weighted by atomic mass is 10.0. The maximum Gasteiger partial charge on any atom is 0.326 e. The number of nitrogens with one attached hydrogen (secondary N) is 3. The number of para-hydroxylation sites is 1.